The Labute approximate surface area is 172 Å². The van der Waals surface area contributed by atoms with Crippen LogP contribution in [-0.2, 0) is 4.79 Å². The molecule has 0 spiro atoms. The molecule has 0 aliphatic carbocycles. The van der Waals surface area contributed by atoms with Crippen molar-refractivity contribution in [2.45, 2.75) is 32.6 Å². The number of rotatable bonds is 8. The topological polar surface area (TPSA) is 84.7 Å². The fourth-order valence-electron chi connectivity index (χ4n) is 3.42. The third-order valence-electron chi connectivity index (χ3n) is 5.27. The molecular weight excluding hydrogens is 366 g/mol. The molecule has 154 valence electrons. The van der Waals surface area contributed by atoms with E-state index in [-0.39, 0.29) is 17.7 Å². The minimum absolute atomic E-state index is 0.0201. The normalized spacial score (nSPS) is 14.4. The van der Waals surface area contributed by atoms with Crippen molar-refractivity contribution in [1.82, 2.24) is 0 Å². The summed E-state index contributed by atoms with van der Waals surface area (Å²) in [6.45, 7) is 4.43. The summed E-state index contributed by atoms with van der Waals surface area (Å²) >= 11 is 0. The van der Waals surface area contributed by atoms with Crippen molar-refractivity contribution in [2.24, 2.45) is 11.7 Å². The molecule has 0 atom stereocenters. The number of ether oxygens (including phenoxy) is 1. The molecule has 6 heteroatoms. The van der Waals surface area contributed by atoms with Gasteiger partial charge < -0.3 is 20.7 Å². The van der Waals surface area contributed by atoms with Gasteiger partial charge in [-0.05, 0) is 67.8 Å². The lowest BCUT2D eigenvalue weighted by molar-refractivity contribution is -0.122. The second-order valence-electron chi connectivity index (χ2n) is 7.39. The molecule has 1 heterocycles. The van der Waals surface area contributed by atoms with Gasteiger partial charge in [-0.3, -0.25) is 9.59 Å². The van der Waals surface area contributed by atoms with Crippen LogP contribution in [-0.4, -0.2) is 31.5 Å². The Hall–Kier alpha value is -3.02. The van der Waals surface area contributed by atoms with E-state index in [0.717, 1.165) is 55.9 Å². The number of primary amides is 1. The van der Waals surface area contributed by atoms with Crippen molar-refractivity contribution in [2.75, 3.05) is 29.9 Å². The summed E-state index contributed by atoms with van der Waals surface area (Å²) in [4.78, 5) is 26.0. The van der Waals surface area contributed by atoms with Gasteiger partial charge in [-0.15, -0.1) is 0 Å². The van der Waals surface area contributed by atoms with Crippen molar-refractivity contribution in [1.29, 1.82) is 0 Å². The van der Waals surface area contributed by atoms with Crippen molar-refractivity contribution in [3.63, 3.8) is 0 Å². The minimum atomic E-state index is -0.205. The number of amides is 2. The second kappa shape index (κ2) is 9.96. The van der Waals surface area contributed by atoms with Crippen LogP contribution in [0.25, 0.3) is 0 Å². The fraction of sp³-hybridized carbons (Fsp3) is 0.391. The molecule has 29 heavy (non-hydrogen) atoms. The van der Waals surface area contributed by atoms with Gasteiger partial charge in [0.1, 0.15) is 5.75 Å². The standard InChI is InChI=1S/C23H29N3O3/c1-2-3-16-29-21-10-4-18(5-11-21)23(28)25-19-6-8-20(9-7-19)26-14-12-17(13-15-26)22(24)27/h4-11,17H,2-3,12-16H2,1H3,(H2,24,27)(H,25,28). The smallest absolute Gasteiger partial charge is 0.255 e. The maximum atomic E-state index is 12.5. The van der Waals surface area contributed by atoms with Crippen LogP contribution in [0.2, 0.25) is 0 Å². The Morgan fingerprint density at radius 1 is 1.07 bits per heavy atom. The zero-order valence-electron chi connectivity index (χ0n) is 16.9. The summed E-state index contributed by atoms with van der Waals surface area (Å²) in [5, 5.41) is 2.92. The summed E-state index contributed by atoms with van der Waals surface area (Å²) in [7, 11) is 0. The minimum Gasteiger partial charge on any atom is -0.494 e. The number of carbonyl (C=O) groups is 2. The Morgan fingerprint density at radius 2 is 1.72 bits per heavy atom. The number of nitrogens with zero attached hydrogens (tertiary/aromatic N) is 1. The summed E-state index contributed by atoms with van der Waals surface area (Å²) in [5.74, 6) is 0.399. The van der Waals surface area contributed by atoms with E-state index >= 15 is 0 Å². The summed E-state index contributed by atoms with van der Waals surface area (Å²) in [6, 6.07) is 15.0. The molecule has 1 aliphatic heterocycles. The molecule has 2 amide bonds. The van der Waals surface area contributed by atoms with E-state index in [2.05, 4.69) is 17.1 Å². The van der Waals surface area contributed by atoms with Gasteiger partial charge in [-0.25, -0.2) is 0 Å². The van der Waals surface area contributed by atoms with E-state index in [1.54, 1.807) is 12.1 Å². The van der Waals surface area contributed by atoms with Crippen LogP contribution < -0.4 is 20.7 Å². The largest absolute Gasteiger partial charge is 0.494 e. The average molecular weight is 396 g/mol. The molecule has 2 aromatic rings. The van der Waals surface area contributed by atoms with Crippen molar-refractivity contribution in [3.05, 3.63) is 54.1 Å². The van der Waals surface area contributed by atoms with Gasteiger partial charge in [-0.1, -0.05) is 13.3 Å². The predicted octanol–water partition coefficient (Wildman–Crippen LogP) is 3.82. The van der Waals surface area contributed by atoms with Gasteiger partial charge >= 0.3 is 0 Å². The summed E-state index contributed by atoms with van der Waals surface area (Å²) in [6.07, 6.45) is 3.67. The highest BCUT2D eigenvalue weighted by molar-refractivity contribution is 6.04. The van der Waals surface area contributed by atoms with E-state index in [9.17, 15) is 9.59 Å². The molecule has 3 rings (SSSR count). The molecule has 3 N–H and O–H groups in total. The first-order valence-corrected chi connectivity index (χ1v) is 10.3. The fourth-order valence-corrected chi connectivity index (χ4v) is 3.42. The second-order valence-corrected chi connectivity index (χ2v) is 7.39. The number of nitrogens with two attached hydrogens (primary N) is 1. The zero-order chi connectivity index (χ0) is 20.6. The molecule has 0 aromatic heterocycles. The maximum absolute atomic E-state index is 12.5. The van der Waals surface area contributed by atoms with E-state index in [0.29, 0.717) is 12.2 Å². The average Bonchev–Trinajstić information content (AvgIpc) is 2.75. The first-order chi connectivity index (χ1) is 14.1. The number of hydrogen-bond donors (Lipinski definition) is 2. The molecule has 1 aliphatic rings. The predicted molar refractivity (Wildman–Crippen MR) is 115 cm³/mol. The third-order valence-corrected chi connectivity index (χ3v) is 5.27. The first-order valence-electron chi connectivity index (χ1n) is 10.3. The number of benzene rings is 2. The third kappa shape index (κ3) is 5.73. The number of unbranched alkanes of at least 4 members (excludes halogenated alkanes) is 1. The highest BCUT2D eigenvalue weighted by Gasteiger charge is 2.23. The lowest BCUT2D eigenvalue weighted by atomic mass is 9.96. The van der Waals surface area contributed by atoms with Crippen LogP contribution in [0, 0.1) is 5.92 Å². The lowest BCUT2D eigenvalue weighted by Gasteiger charge is -2.32. The number of hydrogen-bond acceptors (Lipinski definition) is 4. The number of carbonyl (C=O) groups excluding carboxylic acids is 2. The van der Waals surface area contributed by atoms with Gasteiger partial charge in [0.25, 0.3) is 5.91 Å². The van der Waals surface area contributed by atoms with E-state index in [1.807, 2.05) is 36.4 Å². The van der Waals surface area contributed by atoms with Crippen molar-refractivity contribution >= 4 is 23.2 Å². The SMILES string of the molecule is CCCCOc1ccc(C(=O)Nc2ccc(N3CCC(C(N)=O)CC3)cc2)cc1. The van der Waals surface area contributed by atoms with E-state index < -0.39 is 0 Å². The van der Waals surface area contributed by atoms with Crippen LogP contribution in [0.5, 0.6) is 5.75 Å². The summed E-state index contributed by atoms with van der Waals surface area (Å²) < 4.78 is 5.63. The zero-order valence-corrected chi connectivity index (χ0v) is 16.9. The van der Waals surface area contributed by atoms with Gasteiger partial charge in [0.2, 0.25) is 5.91 Å². The van der Waals surface area contributed by atoms with Gasteiger partial charge in [-0.2, -0.15) is 0 Å². The Balaban J connectivity index is 1.53. The molecule has 0 bridgehead atoms. The van der Waals surface area contributed by atoms with Crippen LogP contribution >= 0.6 is 0 Å². The highest BCUT2D eigenvalue weighted by Crippen LogP contribution is 2.24. The molecule has 0 unspecified atom stereocenters. The van der Waals surface area contributed by atoms with Gasteiger partial charge in [0.05, 0.1) is 6.61 Å². The Kier molecular flexibility index (Phi) is 7.11. The van der Waals surface area contributed by atoms with Crippen LogP contribution in [0.3, 0.4) is 0 Å². The quantitative estimate of drug-likeness (QED) is 0.666. The molecular formula is C23H29N3O3. The highest BCUT2D eigenvalue weighted by atomic mass is 16.5. The lowest BCUT2D eigenvalue weighted by Crippen LogP contribution is -2.38. The monoisotopic (exact) mass is 395 g/mol. The van der Waals surface area contributed by atoms with Crippen molar-refractivity contribution < 1.29 is 14.3 Å². The maximum Gasteiger partial charge on any atom is 0.255 e. The number of piperidine rings is 1. The van der Waals surface area contributed by atoms with Crippen molar-refractivity contribution in [3.8, 4) is 5.75 Å². The number of anilines is 2. The molecule has 1 fully saturated rings. The molecule has 1 saturated heterocycles. The molecule has 0 saturated carbocycles. The molecule has 2 aromatic carbocycles. The van der Waals surface area contributed by atoms with Gasteiger partial charge in [0, 0.05) is 35.9 Å². The van der Waals surface area contributed by atoms with Crippen LogP contribution in [0.4, 0.5) is 11.4 Å². The van der Waals surface area contributed by atoms with Gasteiger partial charge in [0.15, 0.2) is 0 Å². The number of nitrogens with one attached hydrogen (secondary N) is 1. The van der Waals surface area contributed by atoms with E-state index in [1.165, 1.54) is 0 Å². The van der Waals surface area contributed by atoms with E-state index in [4.69, 9.17) is 10.5 Å². The molecule has 0 radical (unpaired) electrons. The molecule has 6 nitrogen and oxygen atoms in total. The van der Waals surface area contributed by atoms with Crippen LogP contribution in [0.1, 0.15) is 43.0 Å². The van der Waals surface area contributed by atoms with Crippen LogP contribution in [0.15, 0.2) is 48.5 Å². The first kappa shape index (κ1) is 20.7. The Morgan fingerprint density at radius 3 is 2.31 bits per heavy atom. The Bertz CT molecular complexity index is 810. The summed E-state index contributed by atoms with van der Waals surface area (Å²) in [5.41, 5.74) is 7.81.